The van der Waals surface area contributed by atoms with Crippen LogP contribution in [0.5, 0.6) is 0 Å². The summed E-state index contributed by atoms with van der Waals surface area (Å²) < 4.78 is 0. The SMILES string of the molecule is NCCCC(=O)CCCCCNC(=O)NCCN. The first-order chi connectivity index (χ1) is 8.70. The van der Waals surface area contributed by atoms with Crippen LogP contribution in [0.4, 0.5) is 4.79 Å². The average Bonchev–Trinajstić information content (AvgIpc) is 2.37. The number of hydrogen-bond acceptors (Lipinski definition) is 4. The van der Waals surface area contributed by atoms with Crippen LogP contribution in [0.2, 0.25) is 0 Å². The number of amides is 2. The van der Waals surface area contributed by atoms with E-state index in [2.05, 4.69) is 10.6 Å². The Hall–Kier alpha value is -1.14. The molecule has 6 nitrogen and oxygen atoms in total. The maximum Gasteiger partial charge on any atom is 0.314 e. The Bertz CT molecular complexity index is 210. The van der Waals surface area contributed by atoms with Gasteiger partial charge in [0.2, 0.25) is 0 Å². The van der Waals surface area contributed by atoms with Gasteiger partial charge in [0.25, 0.3) is 0 Å². The molecule has 0 aromatic rings. The van der Waals surface area contributed by atoms with Gasteiger partial charge in [-0.05, 0) is 25.8 Å². The van der Waals surface area contributed by atoms with Crippen LogP contribution in [0.3, 0.4) is 0 Å². The lowest BCUT2D eigenvalue weighted by molar-refractivity contribution is -0.119. The van der Waals surface area contributed by atoms with Crippen LogP contribution >= 0.6 is 0 Å². The lowest BCUT2D eigenvalue weighted by Gasteiger charge is -2.06. The number of hydrogen-bond donors (Lipinski definition) is 4. The molecule has 0 fully saturated rings. The summed E-state index contributed by atoms with van der Waals surface area (Å²) in [4.78, 5) is 22.4. The quantitative estimate of drug-likeness (QED) is 0.394. The molecule has 0 aliphatic carbocycles. The molecule has 0 atom stereocenters. The van der Waals surface area contributed by atoms with Gasteiger partial charge in [0.15, 0.2) is 0 Å². The molecule has 0 aliphatic heterocycles. The van der Waals surface area contributed by atoms with E-state index >= 15 is 0 Å². The van der Waals surface area contributed by atoms with Crippen molar-refractivity contribution in [3.63, 3.8) is 0 Å². The van der Waals surface area contributed by atoms with E-state index in [0.29, 0.717) is 39.0 Å². The molecule has 0 aliphatic rings. The summed E-state index contributed by atoms with van der Waals surface area (Å²) in [7, 11) is 0. The molecular weight excluding hydrogens is 232 g/mol. The second kappa shape index (κ2) is 12.3. The third kappa shape index (κ3) is 11.3. The molecule has 0 bridgehead atoms. The first kappa shape index (κ1) is 16.9. The van der Waals surface area contributed by atoms with Crippen molar-refractivity contribution in [2.75, 3.05) is 26.2 Å². The zero-order chi connectivity index (χ0) is 13.6. The summed E-state index contributed by atoms with van der Waals surface area (Å²) in [6.45, 7) is 2.14. The number of nitrogens with two attached hydrogens (primary N) is 2. The molecule has 0 saturated carbocycles. The van der Waals surface area contributed by atoms with Gasteiger partial charge in [0.05, 0.1) is 0 Å². The number of unbranched alkanes of at least 4 members (excludes halogenated alkanes) is 2. The Labute approximate surface area is 109 Å². The zero-order valence-corrected chi connectivity index (χ0v) is 11.0. The molecule has 0 unspecified atom stereocenters. The molecule has 106 valence electrons. The summed E-state index contributed by atoms with van der Waals surface area (Å²) in [5, 5.41) is 5.36. The number of urea groups is 1. The van der Waals surface area contributed by atoms with Gasteiger partial charge in [-0.2, -0.15) is 0 Å². The number of carbonyl (C=O) groups is 2. The molecule has 0 aromatic heterocycles. The van der Waals surface area contributed by atoms with Crippen molar-refractivity contribution < 1.29 is 9.59 Å². The van der Waals surface area contributed by atoms with Gasteiger partial charge >= 0.3 is 6.03 Å². The summed E-state index contributed by atoms with van der Waals surface area (Å²) in [6, 6.07) is -0.181. The predicted octanol–water partition coefficient (Wildman–Crippen LogP) is 0.113. The highest BCUT2D eigenvalue weighted by Crippen LogP contribution is 2.03. The normalized spacial score (nSPS) is 10.1. The van der Waals surface area contributed by atoms with Gasteiger partial charge < -0.3 is 22.1 Å². The van der Waals surface area contributed by atoms with Gasteiger partial charge in [0.1, 0.15) is 5.78 Å². The minimum atomic E-state index is -0.181. The Morgan fingerprint density at radius 1 is 0.778 bits per heavy atom. The topological polar surface area (TPSA) is 110 Å². The van der Waals surface area contributed by atoms with Crippen LogP contribution in [0.1, 0.15) is 38.5 Å². The smallest absolute Gasteiger partial charge is 0.314 e. The van der Waals surface area contributed by atoms with E-state index < -0.39 is 0 Å². The van der Waals surface area contributed by atoms with Gasteiger partial charge in [-0.1, -0.05) is 6.42 Å². The van der Waals surface area contributed by atoms with E-state index in [1.54, 1.807) is 0 Å². The van der Waals surface area contributed by atoms with Gasteiger partial charge in [-0.25, -0.2) is 4.79 Å². The molecule has 6 heteroatoms. The monoisotopic (exact) mass is 258 g/mol. The van der Waals surface area contributed by atoms with E-state index in [1.807, 2.05) is 0 Å². The lowest BCUT2D eigenvalue weighted by Crippen LogP contribution is -2.38. The molecular formula is C12H26N4O2. The summed E-state index contributed by atoms with van der Waals surface area (Å²) in [5.41, 5.74) is 10.6. The van der Waals surface area contributed by atoms with Crippen LogP contribution in [0, 0.1) is 0 Å². The van der Waals surface area contributed by atoms with E-state index in [0.717, 1.165) is 25.7 Å². The van der Waals surface area contributed by atoms with Crippen LogP contribution in [0.25, 0.3) is 0 Å². The molecule has 0 heterocycles. The number of nitrogens with one attached hydrogen (secondary N) is 2. The third-order valence-electron chi connectivity index (χ3n) is 2.51. The number of ketones is 1. The van der Waals surface area contributed by atoms with Crippen LogP contribution in [-0.4, -0.2) is 38.0 Å². The Morgan fingerprint density at radius 3 is 2.11 bits per heavy atom. The van der Waals surface area contributed by atoms with Crippen molar-refractivity contribution in [1.82, 2.24) is 10.6 Å². The third-order valence-corrected chi connectivity index (χ3v) is 2.51. The molecule has 0 aromatic carbocycles. The van der Waals surface area contributed by atoms with Crippen LogP contribution in [0.15, 0.2) is 0 Å². The zero-order valence-electron chi connectivity index (χ0n) is 11.0. The van der Waals surface area contributed by atoms with Gasteiger partial charge in [0, 0.05) is 32.5 Å². The van der Waals surface area contributed by atoms with E-state index in [1.165, 1.54) is 0 Å². The fraction of sp³-hybridized carbons (Fsp3) is 0.833. The number of Topliss-reactive ketones (excluding diaryl/α,β-unsaturated/α-hetero) is 1. The highest BCUT2D eigenvalue weighted by molar-refractivity contribution is 5.78. The van der Waals surface area contributed by atoms with Crippen LogP contribution in [-0.2, 0) is 4.79 Å². The van der Waals surface area contributed by atoms with Crippen molar-refractivity contribution in [2.45, 2.75) is 38.5 Å². The summed E-state index contributed by atoms with van der Waals surface area (Å²) >= 11 is 0. The maximum atomic E-state index is 11.3. The molecule has 6 N–H and O–H groups in total. The second-order valence-corrected chi connectivity index (χ2v) is 4.21. The van der Waals surface area contributed by atoms with E-state index in [9.17, 15) is 9.59 Å². The highest BCUT2D eigenvalue weighted by Gasteiger charge is 2.01. The number of carbonyl (C=O) groups excluding carboxylic acids is 2. The van der Waals surface area contributed by atoms with Crippen LogP contribution < -0.4 is 22.1 Å². The average molecular weight is 258 g/mol. The standard InChI is InChI=1S/C12H26N4O2/c13-7-4-6-11(17)5-2-1-3-9-15-12(18)16-10-8-14/h1-10,13-14H2,(H2,15,16,18). The van der Waals surface area contributed by atoms with Gasteiger partial charge in [-0.15, -0.1) is 0 Å². The highest BCUT2D eigenvalue weighted by atomic mass is 16.2. The first-order valence-corrected chi connectivity index (χ1v) is 6.64. The van der Waals surface area contributed by atoms with Crippen molar-refractivity contribution in [3.05, 3.63) is 0 Å². The van der Waals surface area contributed by atoms with Crippen molar-refractivity contribution >= 4 is 11.8 Å². The summed E-state index contributed by atoms with van der Waals surface area (Å²) in [5.74, 6) is 0.286. The fourth-order valence-electron chi connectivity index (χ4n) is 1.50. The minimum Gasteiger partial charge on any atom is -0.338 e. The lowest BCUT2D eigenvalue weighted by atomic mass is 10.1. The Kier molecular flexibility index (Phi) is 11.5. The molecule has 0 saturated heterocycles. The predicted molar refractivity (Wildman–Crippen MR) is 72.2 cm³/mol. The first-order valence-electron chi connectivity index (χ1n) is 6.64. The van der Waals surface area contributed by atoms with E-state index in [-0.39, 0.29) is 11.8 Å². The molecule has 0 rings (SSSR count). The molecule has 2 amide bonds. The van der Waals surface area contributed by atoms with Gasteiger partial charge in [-0.3, -0.25) is 4.79 Å². The minimum absolute atomic E-state index is 0.181. The fourth-order valence-corrected chi connectivity index (χ4v) is 1.50. The molecule has 0 spiro atoms. The van der Waals surface area contributed by atoms with E-state index in [4.69, 9.17) is 11.5 Å². The second-order valence-electron chi connectivity index (χ2n) is 4.21. The molecule has 18 heavy (non-hydrogen) atoms. The summed E-state index contributed by atoms with van der Waals surface area (Å²) in [6.07, 6.45) is 4.72. The maximum absolute atomic E-state index is 11.3. The van der Waals surface area contributed by atoms with Crippen molar-refractivity contribution in [1.29, 1.82) is 0 Å². The molecule has 0 radical (unpaired) electrons. The van der Waals surface area contributed by atoms with Crippen molar-refractivity contribution in [2.24, 2.45) is 11.5 Å². The van der Waals surface area contributed by atoms with Crippen molar-refractivity contribution in [3.8, 4) is 0 Å². The number of rotatable bonds is 11. The largest absolute Gasteiger partial charge is 0.338 e. The Morgan fingerprint density at radius 2 is 1.44 bits per heavy atom. The Balaban J connectivity index is 3.25.